The second-order valence-corrected chi connectivity index (χ2v) is 8.24. The highest BCUT2D eigenvalue weighted by atomic mass is 32.2. The standard InChI is InChI=1S/C15H19F3N2O4S/c1-20(2)25(22,23)9-11-7-24-8-13(11)19-14(21)10-3-5-12(6-4-10)15(16,17)18/h3-6,11,13H,7-9H2,1-2H3,(H,19,21)/t11-,13+/m0/s1. The summed E-state index contributed by atoms with van der Waals surface area (Å²) in [5, 5.41) is 2.64. The molecule has 25 heavy (non-hydrogen) atoms. The number of nitrogens with one attached hydrogen (secondary N) is 1. The van der Waals surface area contributed by atoms with E-state index >= 15 is 0 Å². The average Bonchev–Trinajstić information content (AvgIpc) is 2.92. The fourth-order valence-electron chi connectivity index (χ4n) is 2.40. The highest BCUT2D eigenvalue weighted by molar-refractivity contribution is 7.89. The van der Waals surface area contributed by atoms with Crippen molar-refractivity contribution in [2.75, 3.05) is 33.1 Å². The molecule has 6 nitrogen and oxygen atoms in total. The van der Waals surface area contributed by atoms with Crippen LogP contribution in [0.25, 0.3) is 0 Å². The zero-order valence-corrected chi connectivity index (χ0v) is 14.5. The van der Waals surface area contributed by atoms with Crippen molar-refractivity contribution in [3.8, 4) is 0 Å². The molecule has 0 bridgehead atoms. The zero-order chi connectivity index (χ0) is 18.8. The maximum Gasteiger partial charge on any atom is 0.416 e. The summed E-state index contributed by atoms with van der Waals surface area (Å²) in [6, 6.07) is 3.30. The first-order chi connectivity index (χ1) is 11.5. The van der Waals surface area contributed by atoms with E-state index in [1.165, 1.54) is 14.1 Å². The quantitative estimate of drug-likeness (QED) is 0.837. The number of benzene rings is 1. The lowest BCUT2D eigenvalue weighted by molar-refractivity contribution is -0.137. The van der Waals surface area contributed by atoms with Gasteiger partial charge in [-0.1, -0.05) is 0 Å². The Morgan fingerprint density at radius 3 is 2.36 bits per heavy atom. The van der Waals surface area contributed by atoms with Gasteiger partial charge in [0.25, 0.3) is 5.91 Å². The molecule has 1 heterocycles. The van der Waals surface area contributed by atoms with Crippen LogP contribution in [-0.2, 0) is 20.9 Å². The first kappa shape index (κ1) is 19.7. The van der Waals surface area contributed by atoms with Gasteiger partial charge in [0.1, 0.15) is 0 Å². The number of hydrogen-bond acceptors (Lipinski definition) is 4. The van der Waals surface area contributed by atoms with Gasteiger partial charge in [0.2, 0.25) is 10.0 Å². The first-order valence-corrected chi connectivity index (χ1v) is 9.07. The lowest BCUT2D eigenvalue weighted by atomic mass is 10.1. The minimum atomic E-state index is -4.47. The highest BCUT2D eigenvalue weighted by Crippen LogP contribution is 2.29. The maximum atomic E-state index is 12.5. The Hall–Kier alpha value is -1.65. The summed E-state index contributed by atoms with van der Waals surface area (Å²) < 4.78 is 67.9. The molecule has 0 aliphatic carbocycles. The Labute approximate surface area is 144 Å². The molecule has 1 saturated heterocycles. The topological polar surface area (TPSA) is 75.7 Å². The van der Waals surface area contributed by atoms with Crippen LogP contribution in [0.2, 0.25) is 0 Å². The van der Waals surface area contributed by atoms with Gasteiger partial charge in [-0.25, -0.2) is 12.7 Å². The lowest BCUT2D eigenvalue weighted by Crippen LogP contribution is -2.43. The van der Waals surface area contributed by atoms with Crippen LogP contribution in [0.4, 0.5) is 13.2 Å². The lowest BCUT2D eigenvalue weighted by Gasteiger charge is -2.21. The van der Waals surface area contributed by atoms with Gasteiger partial charge in [-0.05, 0) is 24.3 Å². The molecule has 1 N–H and O–H groups in total. The number of carbonyl (C=O) groups excluding carboxylic acids is 1. The molecule has 1 amide bonds. The Balaban J connectivity index is 2.04. The van der Waals surface area contributed by atoms with Crippen molar-refractivity contribution in [2.24, 2.45) is 5.92 Å². The molecule has 0 unspecified atom stereocenters. The number of rotatable bonds is 5. The number of alkyl halides is 3. The van der Waals surface area contributed by atoms with Gasteiger partial charge < -0.3 is 10.1 Å². The zero-order valence-electron chi connectivity index (χ0n) is 13.7. The molecule has 1 aromatic carbocycles. The number of amides is 1. The van der Waals surface area contributed by atoms with E-state index in [1.54, 1.807) is 0 Å². The summed E-state index contributed by atoms with van der Waals surface area (Å²) in [5.41, 5.74) is -0.780. The van der Waals surface area contributed by atoms with Crippen LogP contribution < -0.4 is 5.32 Å². The molecule has 2 atom stereocenters. The van der Waals surface area contributed by atoms with Crippen LogP contribution in [0.3, 0.4) is 0 Å². The molecule has 1 aromatic rings. The van der Waals surface area contributed by atoms with Crippen LogP contribution >= 0.6 is 0 Å². The van der Waals surface area contributed by atoms with Gasteiger partial charge in [-0.2, -0.15) is 13.2 Å². The first-order valence-electron chi connectivity index (χ1n) is 7.47. The summed E-state index contributed by atoms with van der Waals surface area (Å²) in [6.45, 7) is 0.338. The van der Waals surface area contributed by atoms with Crippen molar-refractivity contribution >= 4 is 15.9 Å². The van der Waals surface area contributed by atoms with Crippen LogP contribution in [0.1, 0.15) is 15.9 Å². The van der Waals surface area contributed by atoms with Gasteiger partial charge in [0.05, 0.1) is 30.6 Å². The van der Waals surface area contributed by atoms with E-state index in [1.807, 2.05) is 0 Å². The van der Waals surface area contributed by atoms with Crippen molar-refractivity contribution < 1.29 is 31.1 Å². The van der Waals surface area contributed by atoms with Crippen molar-refractivity contribution in [1.82, 2.24) is 9.62 Å². The molecule has 10 heteroatoms. The predicted octanol–water partition coefficient (Wildman–Crippen LogP) is 1.34. The van der Waals surface area contributed by atoms with Crippen LogP contribution in [0, 0.1) is 5.92 Å². The Morgan fingerprint density at radius 2 is 1.84 bits per heavy atom. The SMILES string of the molecule is CN(C)S(=O)(=O)C[C@@H]1COC[C@H]1NC(=O)c1ccc(C(F)(F)F)cc1. The minimum absolute atomic E-state index is 0.0640. The van der Waals surface area contributed by atoms with E-state index in [4.69, 9.17) is 4.74 Å². The van der Waals surface area contributed by atoms with Gasteiger partial charge in [0, 0.05) is 25.6 Å². The number of sulfonamides is 1. The summed E-state index contributed by atoms with van der Waals surface area (Å²) in [5.74, 6) is -1.18. The minimum Gasteiger partial charge on any atom is -0.379 e. The van der Waals surface area contributed by atoms with E-state index < -0.39 is 39.6 Å². The number of hydrogen-bond donors (Lipinski definition) is 1. The van der Waals surface area contributed by atoms with E-state index in [0.717, 1.165) is 28.6 Å². The molecule has 2 rings (SSSR count). The molecule has 0 radical (unpaired) electrons. The second kappa shape index (κ2) is 7.30. The smallest absolute Gasteiger partial charge is 0.379 e. The molecular weight excluding hydrogens is 361 g/mol. The molecular formula is C15H19F3N2O4S. The summed E-state index contributed by atoms with van der Waals surface area (Å²) in [6.07, 6.45) is -4.47. The van der Waals surface area contributed by atoms with E-state index in [9.17, 15) is 26.4 Å². The van der Waals surface area contributed by atoms with Crippen molar-refractivity contribution in [2.45, 2.75) is 12.2 Å². The number of halogens is 3. The fraction of sp³-hybridized carbons (Fsp3) is 0.533. The second-order valence-electron chi connectivity index (χ2n) is 6.01. The van der Waals surface area contributed by atoms with Crippen LogP contribution in [-0.4, -0.2) is 57.7 Å². The maximum absolute atomic E-state index is 12.5. The van der Waals surface area contributed by atoms with Gasteiger partial charge in [-0.3, -0.25) is 4.79 Å². The van der Waals surface area contributed by atoms with Gasteiger partial charge in [0.15, 0.2) is 0 Å². The normalized spacial score (nSPS) is 21.5. The summed E-state index contributed by atoms with van der Waals surface area (Å²) >= 11 is 0. The third-order valence-corrected chi connectivity index (χ3v) is 5.93. The molecule has 1 aliphatic rings. The van der Waals surface area contributed by atoms with Crippen molar-refractivity contribution in [3.63, 3.8) is 0 Å². The number of carbonyl (C=O) groups is 1. The highest BCUT2D eigenvalue weighted by Gasteiger charge is 2.34. The molecule has 1 aliphatic heterocycles. The summed E-state index contributed by atoms with van der Waals surface area (Å²) in [4.78, 5) is 12.2. The van der Waals surface area contributed by atoms with Gasteiger partial charge in [-0.15, -0.1) is 0 Å². The Kier molecular flexibility index (Phi) is 5.75. The monoisotopic (exact) mass is 380 g/mol. The van der Waals surface area contributed by atoms with Crippen LogP contribution in [0.5, 0.6) is 0 Å². The fourth-order valence-corrected chi connectivity index (χ4v) is 3.57. The van der Waals surface area contributed by atoms with E-state index in [2.05, 4.69) is 5.32 Å². The Bertz CT molecular complexity index is 717. The molecule has 0 saturated carbocycles. The number of ether oxygens (including phenoxy) is 1. The third kappa shape index (κ3) is 4.93. The molecule has 0 aromatic heterocycles. The van der Waals surface area contributed by atoms with Gasteiger partial charge >= 0.3 is 6.18 Å². The molecule has 1 fully saturated rings. The number of nitrogens with zero attached hydrogens (tertiary/aromatic N) is 1. The van der Waals surface area contributed by atoms with Crippen molar-refractivity contribution in [1.29, 1.82) is 0 Å². The van der Waals surface area contributed by atoms with E-state index in [0.29, 0.717) is 0 Å². The average molecular weight is 380 g/mol. The third-order valence-electron chi connectivity index (χ3n) is 3.97. The molecule has 140 valence electrons. The van der Waals surface area contributed by atoms with Crippen LogP contribution in [0.15, 0.2) is 24.3 Å². The predicted molar refractivity (Wildman–Crippen MR) is 84.5 cm³/mol. The van der Waals surface area contributed by atoms with E-state index in [-0.39, 0.29) is 24.5 Å². The largest absolute Gasteiger partial charge is 0.416 e. The Morgan fingerprint density at radius 1 is 1.24 bits per heavy atom. The molecule has 0 spiro atoms. The summed E-state index contributed by atoms with van der Waals surface area (Å²) in [7, 11) is -0.625. The van der Waals surface area contributed by atoms with Crippen molar-refractivity contribution in [3.05, 3.63) is 35.4 Å².